The molecule has 3 nitrogen and oxygen atoms in total. The van der Waals surface area contributed by atoms with E-state index >= 15 is 0 Å². The van der Waals surface area contributed by atoms with Gasteiger partial charge in [0, 0.05) is 12.0 Å². The van der Waals surface area contributed by atoms with Crippen molar-refractivity contribution in [3.8, 4) is 17.0 Å². The quantitative estimate of drug-likeness (QED) is 0.809. The van der Waals surface area contributed by atoms with Crippen LogP contribution in [-0.4, -0.2) is 17.1 Å². The van der Waals surface area contributed by atoms with Gasteiger partial charge in [0.1, 0.15) is 16.2 Å². The van der Waals surface area contributed by atoms with E-state index in [2.05, 4.69) is 32.8 Å². The summed E-state index contributed by atoms with van der Waals surface area (Å²) in [6.45, 7) is 4.10. The van der Waals surface area contributed by atoms with Gasteiger partial charge >= 0.3 is 0 Å². The summed E-state index contributed by atoms with van der Waals surface area (Å²) in [5.74, 6) is 1.70. The lowest BCUT2D eigenvalue weighted by Gasteiger charge is -2.09. The molecule has 2 aromatic rings. The molecule has 0 fully saturated rings. The van der Waals surface area contributed by atoms with Gasteiger partial charge in [0.15, 0.2) is 0 Å². The van der Waals surface area contributed by atoms with Gasteiger partial charge < -0.3 is 4.74 Å². The van der Waals surface area contributed by atoms with E-state index in [9.17, 15) is 0 Å². The Labute approximate surface area is 115 Å². The minimum Gasteiger partial charge on any atom is -0.497 e. The summed E-state index contributed by atoms with van der Waals surface area (Å²) in [5.41, 5.74) is 3.18. The first-order valence-electron chi connectivity index (χ1n) is 5.82. The van der Waals surface area contributed by atoms with E-state index in [-0.39, 0.29) is 0 Å². The van der Waals surface area contributed by atoms with Crippen molar-refractivity contribution in [1.82, 2.24) is 9.97 Å². The molecule has 94 valence electrons. The van der Waals surface area contributed by atoms with Crippen molar-refractivity contribution in [3.05, 3.63) is 40.3 Å². The summed E-state index contributed by atoms with van der Waals surface area (Å²) in [6, 6.07) is 7.93. The largest absolute Gasteiger partial charge is 0.497 e. The molecule has 18 heavy (non-hydrogen) atoms. The molecule has 0 aliphatic heterocycles. The minimum absolute atomic E-state index is 0.819. The van der Waals surface area contributed by atoms with Crippen LogP contribution in [-0.2, 0) is 6.42 Å². The standard InChI is InChI=1S/C14H15BrN2O/c1-4-14-16-12(8-13(15)17-14)11-6-5-10(18-3)7-9(11)2/h5-8H,4H2,1-3H3. The normalized spacial score (nSPS) is 10.4. The van der Waals surface area contributed by atoms with E-state index in [1.807, 2.05) is 31.2 Å². The van der Waals surface area contributed by atoms with Crippen molar-refractivity contribution in [1.29, 1.82) is 0 Å². The van der Waals surface area contributed by atoms with Gasteiger partial charge in [0.25, 0.3) is 0 Å². The Balaban J connectivity index is 2.51. The van der Waals surface area contributed by atoms with Gasteiger partial charge in [-0.05, 0) is 52.7 Å². The summed E-state index contributed by atoms with van der Waals surface area (Å²) in [6.07, 6.45) is 0.821. The summed E-state index contributed by atoms with van der Waals surface area (Å²) in [4.78, 5) is 8.88. The van der Waals surface area contributed by atoms with Crippen LogP contribution in [0.2, 0.25) is 0 Å². The molecule has 0 atom stereocenters. The molecule has 0 unspecified atom stereocenters. The number of methoxy groups -OCH3 is 1. The van der Waals surface area contributed by atoms with Gasteiger partial charge in [-0.2, -0.15) is 0 Å². The lowest BCUT2D eigenvalue weighted by atomic mass is 10.1. The van der Waals surface area contributed by atoms with Crippen molar-refractivity contribution in [2.45, 2.75) is 20.3 Å². The Morgan fingerprint density at radius 2 is 2.00 bits per heavy atom. The monoisotopic (exact) mass is 306 g/mol. The summed E-state index contributed by atoms with van der Waals surface area (Å²) >= 11 is 3.43. The van der Waals surface area contributed by atoms with Crippen molar-refractivity contribution in [2.24, 2.45) is 0 Å². The number of aromatic nitrogens is 2. The second kappa shape index (κ2) is 5.48. The summed E-state index contributed by atoms with van der Waals surface area (Å²) < 4.78 is 6.03. The number of benzene rings is 1. The highest BCUT2D eigenvalue weighted by molar-refractivity contribution is 9.10. The maximum Gasteiger partial charge on any atom is 0.130 e. The Bertz CT molecular complexity index is 570. The topological polar surface area (TPSA) is 35.0 Å². The first-order chi connectivity index (χ1) is 8.63. The molecule has 4 heteroatoms. The van der Waals surface area contributed by atoms with E-state index in [0.717, 1.165) is 39.4 Å². The van der Waals surface area contributed by atoms with Gasteiger partial charge in [0.05, 0.1) is 12.8 Å². The molecule has 0 N–H and O–H groups in total. The smallest absolute Gasteiger partial charge is 0.130 e. The maximum atomic E-state index is 5.21. The first-order valence-corrected chi connectivity index (χ1v) is 6.61. The molecule has 1 aromatic carbocycles. The molecule has 0 aliphatic rings. The van der Waals surface area contributed by atoms with Gasteiger partial charge in [-0.15, -0.1) is 0 Å². The fraction of sp³-hybridized carbons (Fsp3) is 0.286. The second-order valence-electron chi connectivity index (χ2n) is 4.03. The lowest BCUT2D eigenvalue weighted by Crippen LogP contribution is -1.97. The summed E-state index contributed by atoms with van der Waals surface area (Å²) in [7, 11) is 1.67. The number of halogens is 1. The van der Waals surface area contributed by atoms with E-state index in [0.29, 0.717) is 0 Å². The Hall–Kier alpha value is -1.42. The van der Waals surface area contributed by atoms with Crippen LogP contribution in [0.1, 0.15) is 18.3 Å². The van der Waals surface area contributed by atoms with Crippen molar-refractivity contribution in [3.63, 3.8) is 0 Å². The van der Waals surface area contributed by atoms with Gasteiger partial charge in [-0.1, -0.05) is 6.92 Å². The molecule has 2 rings (SSSR count). The zero-order chi connectivity index (χ0) is 13.1. The molecule has 0 saturated heterocycles. The van der Waals surface area contributed by atoms with Gasteiger partial charge in [-0.25, -0.2) is 9.97 Å². The average Bonchev–Trinajstić information content (AvgIpc) is 2.37. The Morgan fingerprint density at radius 1 is 1.22 bits per heavy atom. The summed E-state index contributed by atoms with van der Waals surface area (Å²) in [5, 5.41) is 0. The first kappa shape index (κ1) is 13.0. The molecule has 0 saturated carbocycles. The third-order valence-electron chi connectivity index (χ3n) is 2.77. The fourth-order valence-corrected chi connectivity index (χ4v) is 2.23. The van der Waals surface area contributed by atoms with E-state index in [1.165, 1.54) is 0 Å². The van der Waals surface area contributed by atoms with Crippen LogP contribution in [0.15, 0.2) is 28.9 Å². The molecule has 0 bridgehead atoms. The van der Waals surface area contributed by atoms with Crippen molar-refractivity contribution in [2.75, 3.05) is 7.11 Å². The van der Waals surface area contributed by atoms with Crippen LogP contribution >= 0.6 is 15.9 Å². The molecule has 1 heterocycles. The Kier molecular flexibility index (Phi) is 3.97. The highest BCUT2D eigenvalue weighted by Gasteiger charge is 2.07. The van der Waals surface area contributed by atoms with Crippen LogP contribution in [0.25, 0.3) is 11.3 Å². The molecular weight excluding hydrogens is 292 g/mol. The minimum atomic E-state index is 0.819. The number of aryl methyl sites for hydroxylation is 2. The van der Waals surface area contributed by atoms with Crippen LogP contribution in [0.5, 0.6) is 5.75 Å². The maximum absolute atomic E-state index is 5.21. The molecule has 1 aromatic heterocycles. The highest BCUT2D eigenvalue weighted by atomic mass is 79.9. The highest BCUT2D eigenvalue weighted by Crippen LogP contribution is 2.26. The predicted octanol–water partition coefficient (Wildman–Crippen LogP) is 3.79. The third-order valence-corrected chi connectivity index (χ3v) is 3.17. The zero-order valence-corrected chi connectivity index (χ0v) is 12.3. The zero-order valence-electron chi connectivity index (χ0n) is 10.7. The number of hydrogen-bond acceptors (Lipinski definition) is 3. The van der Waals surface area contributed by atoms with Crippen LogP contribution in [0.3, 0.4) is 0 Å². The van der Waals surface area contributed by atoms with E-state index in [4.69, 9.17) is 4.74 Å². The molecular formula is C14H15BrN2O. The molecule has 0 amide bonds. The van der Waals surface area contributed by atoms with E-state index in [1.54, 1.807) is 7.11 Å². The second-order valence-corrected chi connectivity index (χ2v) is 4.84. The lowest BCUT2D eigenvalue weighted by molar-refractivity contribution is 0.414. The Morgan fingerprint density at radius 3 is 2.61 bits per heavy atom. The van der Waals surface area contributed by atoms with E-state index < -0.39 is 0 Å². The number of ether oxygens (including phenoxy) is 1. The van der Waals surface area contributed by atoms with Gasteiger partial charge in [0.2, 0.25) is 0 Å². The van der Waals surface area contributed by atoms with Gasteiger partial charge in [-0.3, -0.25) is 0 Å². The third kappa shape index (κ3) is 2.70. The number of nitrogens with zero attached hydrogens (tertiary/aromatic N) is 2. The van der Waals surface area contributed by atoms with Crippen LogP contribution < -0.4 is 4.74 Å². The van der Waals surface area contributed by atoms with Crippen molar-refractivity contribution >= 4 is 15.9 Å². The molecule has 0 radical (unpaired) electrons. The number of rotatable bonds is 3. The SMILES string of the molecule is CCc1nc(Br)cc(-c2ccc(OC)cc2C)n1. The predicted molar refractivity (Wildman–Crippen MR) is 75.8 cm³/mol. The fourth-order valence-electron chi connectivity index (χ4n) is 1.81. The number of hydrogen-bond donors (Lipinski definition) is 0. The van der Waals surface area contributed by atoms with Crippen LogP contribution in [0, 0.1) is 6.92 Å². The average molecular weight is 307 g/mol. The van der Waals surface area contributed by atoms with Crippen molar-refractivity contribution < 1.29 is 4.74 Å². The van der Waals surface area contributed by atoms with Crippen LogP contribution in [0.4, 0.5) is 0 Å². The molecule has 0 aliphatic carbocycles. The molecule has 0 spiro atoms.